The Labute approximate surface area is 96.9 Å². The van der Waals surface area contributed by atoms with Gasteiger partial charge < -0.3 is 40.1 Å². The zero-order chi connectivity index (χ0) is 14.2. The van der Waals surface area contributed by atoms with Crippen LogP contribution in [0, 0.1) is 0 Å². The second-order valence-electron chi connectivity index (χ2n) is 2.85. The van der Waals surface area contributed by atoms with Crippen LogP contribution in [0.15, 0.2) is 0 Å². The smallest absolute Gasteiger partial charge is 0.139 e. The molecule has 17 heavy (non-hydrogen) atoms. The monoisotopic (exact) mass is 275 g/mol. The number of rotatable bonds is 5. The first-order chi connectivity index (χ1) is 7.54. The summed E-state index contributed by atoms with van der Waals surface area (Å²) in [7, 11) is -5.17. The van der Waals surface area contributed by atoms with Gasteiger partial charge in [0.05, 0.1) is 12.6 Å². The van der Waals surface area contributed by atoms with Crippen molar-refractivity contribution < 1.29 is 42.7 Å². The van der Waals surface area contributed by atoms with Crippen LogP contribution in [0.1, 0.15) is 0 Å². The van der Waals surface area contributed by atoms with Gasteiger partial charge in [-0.2, -0.15) is 0 Å². The fraction of sp³-hybridized carbons (Fsp3) is 0.833. The molecule has 0 aromatic heterocycles. The van der Waals surface area contributed by atoms with E-state index < -0.39 is 41.4 Å². The molecule has 6 N–H and O–H groups in total. The molecule has 4 atom stereocenters. The van der Waals surface area contributed by atoms with Gasteiger partial charge in [-0.05, 0) is 0 Å². The zero-order valence-electron chi connectivity index (χ0n) is 8.41. The van der Waals surface area contributed by atoms with Gasteiger partial charge >= 0.3 is 0 Å². The van der Waals surface area contributed by atoms with Crippen molar-refractivity contribution in [3.63, 3.8) is 0 Å². The fourth-order valence-corrected chi connectivity index (χ4v) is 0.644. The maximum Gasteiger partial charge on any atom is 0.139 e. The van der Waals surface area contributed by atoms with Gasteiger partial charge in [-0.25, -0.2) is 0 Å². The summed E-state index contributed by atoms with van der Waals surface area (Å²) in [6, 6.07) is -1.26. The summed E-state index contributed by atoms with van der Waals surface area (Å²) >= 11 is 0. The summed E-state index contributed by atoms with van der Waals surface area (Å²) in [5.74, 6) is 0. The second-order valence-corrected chi connectivity index (χ2v) is 3.67. The van der Waals surface area contributed by atoms with Crippen LogP contribution >= 0.6 is 0 Å². The molecule has 0 heterocycles. The molecule has 0 radical (unpaired) electrons. The molecular weight excluding hydrogens is 262 g/mol. The Kier molecular flexibility index (Phi) is 9.28. The number of hydrogen-bond donors (Lipinski definition) is 5. The molecule has 0 aromatic carbocycles. The number of carbonyl (C=O) groups excluding carboxylic acids is 1. The van der Waals surface area contributed by atoms with Crippen LogP contribution in [0.2, 0.25) is 0 Å². The number of hydrogen-bond acceptors (Lipinski definition) is 10. The largest absolute Gasteiger partial charge is 0.759 e. The van der Waals surface area contributed by atoms with Gasteiger partial charge in [0.15, 0.2) is 0 Å². The summed E-state index contributed by atoms with van der Waals surface area (Å²) in [4.78, 5) is 10.0. The van der Waals surface area contributed by atoms with E-state index in [1.807, 2.05) is 0 Å². The van der Waals surface area contributed by atoms with E-state index in [1.54, 1.807) is 0 Å². The Morgan fingerprint density at radius 1 is 1.18 bits per heavy atom. The van der Waals surface area contributed by atoms with Crippen LogP contribution in [0.3, 0.4) is 0 Å². The highest BCUT2D eigenvalue weighted by atomic mass is 32.3. The third-order valence-electron chi connectivity index (χ3n) is 1.48. The van der Waals surface area contributed by atoms with E-state index in [0.29, 0.717) is 0 Å². The summed E-state index contributed by atoms with van der Waals surface area (Å²) in [6.07, 6.45) is -4.43. The van der Waals surface area contributed by atoms with E-state index in [4.69, 9.17) is 43.7 Å². The normalized spacial score (nSPS) is 18.3. The van der Waals surface area contributed by atoms with Crippen LogP contribution in [0.4, 0.5) is 0 Å². The Morgan fingerprint density at radius 2 is 1.53 bits per heavy atom. The fourth-order valence-electron chi connectivity index (χ4n) is 0.644. The second kappa shape index (κ2) is 8.43. The van der Waals surface area contributed by atoms with Gasteiger partial charge in [0.1, 0.15) is 24.6 Å². The van der Waals surface area contributed by atoms with Crippen LogP contribution in [-0.4, -0.2) is 75.2 Å². The van der Waals surface area contributed by atoms with Crippen molar-refractivity contribution in [2.24, 2.45) is 5.73 Å². The molecule has 0 aliphatic carbocycles. The van der Waals surface area contributed by atoms with E-state index in [2.05, 4.69) is 0 Å². The number of carbonyl (C=O) groups is 1. The van der Waals surface area contributed by atoms with Crippen molar-refractivity contribution in [2.75, 3.05) is 6.61 Å². The molecular formula is C6H13NO9S-2. The van der Waals surface area contributed by atoms with Crippen LogP contribution in [-0.2, 0) is 15.2 Å². The lowest BCUT2D eigenvalue weighted by molar-refractivity contribution is -0.118. The molecule has 104 valence electrons. The predicted octanol–water partition coefficient (Wildman–Crippen LogP) is -4.75. The Balaban J connectivity index is 0. The molecule has 0 fully saturated rings. The van der Waals surface area contributed by atoms with Gasteiger partial charge in [-0.15, -0.1) is 0 Å². The lowest BCUT2D eigenvalue weighted by atomic mass is 10.0. The predicted molar refractivity (Wildman–Crippen MR) is 49.6 cm³/mol. The summed E-state index contributed by atoms with van der Waals surface area (Å²) < 4.78 is 34.1. The van der Waals surface area contributed by atoms with E-state index >= 15 is 0 Å². The van der Waals surface area contributed by atoms with E-state index in [-0.39, 0.29) is 6.29 Å². The van der Waals surface area contributed by atoms with Crippen molar-refractivity contribution in [3.8, 4) is 0 Å². The standard InChI is InChI=1S/C6H13NO5.H2O4S/c7-3(1-8)5(11)6(12)4(10)2-9;1-5(2,3)4/h1,3-6,9-12H,2,7H2;(H2,1,2,3,4)/p-2/t3-,4+,5+,6+;/m0./s1. The van der Waals surface area contributed by atoms with Crippen LogP contribution in [0.25, 0.3) is 0 Å². The minimum atomic E-state index is -5.17. The van der Waals surface area contributed by atoms with Crippen molar-refractivity contribution in [3.05, 3.63) is 0 Å². The molecule has 0 amide bonds. The average Bonchev–Trinajstić information content (AvgIpc) is 2.22. The summed E-state index contributed by atoms with van der Waals surface area (Å²) in [5.41, 5.74) is 5.04. The first kappa shape index (κ1) is 18.7. The molecule has 0 bridgehead atoms. The number of aldehydes is 1. The van der Waals surface area contributed by atoms with Gasteiger partial charge in [0.25, 0.3) is 0 Å². The Morgan fingerprint density at radius 3 is 1.76 bits per heavy atom. The van der Waals surface area contributed by atoms with E-state index in [9.17, 15) is 4.79 Å². The average molecular weight is 275 g/mol. The van der Waals surface area contributed by atoms with Crippen molar-refractivity contribution in [1.29, 1.82) is 0 Å². The summed E-state index contributed by atoms with van der Waals surface area (Å²) in [6.45, 7) is -0.705. The minimum absolute atomic E-state index is 0.248. The minimum Gasteiger partial charge on any atom is -0.759 e. The maximum absolute atomic E-state index is 10.0. The summed E-state index contributed by atoms with van der Waals surface area (Å²) in [5, 5.41) is 35.2. The lowest BCUT2D eigenvalue weighted by Crippen LogP contribution is -2.49. The highest BCUT2D eigenvalue weighted by Crippen LogP contribution is 2.01. The SMILES string of the molecule is N[C@@H](C=O)[C@@H](O)[C@H](O)[C@H](O)CO.O=S(=O)([O-])[O-]. The molecule has 11 heteroatoms. The Bertz CT molecular complexity index is 297. The lowest BCUT2D eigenvalue weighted by Gasteiger charge is -2.23. The molecule has 0 unspecified atom stereocenters. The highest BCUT2D eigenvalue weighted by molar-refractivity contribution is 7.79. The van der Waals surface area contributed by atoms with Crippen molar-refractivity contribution >= 4 is 16.7 Å². The van der Waals surface area contributed by atoms with Crippen molar-refractivity contribution in [2.45, 2.75) is 24.4 Å². The van der Waals surface area contributed by atoms with E-state index in [1.165, 1.54) is 0 Å². The molecule has 10 nitrogen and oxygen atoms in total. The van der Waals surface area contributed by atoms with Gasteiger partial charge in [-0.3, -0.25) is 8.42 Å². The van der Waals surface area contributed by atoms with Gasteiger partial charge in [0, 0.05) is 10.4 Å². The topological polar surface area (TPSA) is 204 Å². The van der Waals surface area contributed by atoms with Crippen molar-refractivity contribution in [1.82, 2.24) is 0 Å². The third kappa shape index (κ3) is 11.6. The zero-order valence-corrected chi connectivity index (χ0v) is 9.23. The highest BCUT2D eigenvalue weighted by Gasteiger charge is 2.28. The molecule has 0 spiro atoms. The number of aliphatic hydroxyl groups is 4. The first-order valence-corrected chi connectivity index (χ1v) is 5.40. The van der Waals surface area contributed by atoms with E-state index in [0.717, 1.165) is 0 Å². The van der Waals surface area contributed by atoms with Crippen LogP contribution in [0.5, 0.6) is 0 Å². The molecule has 0 aromatic rings. The Hall–Kier alpha value is -0.660. The maximum atomic E-state index is 10.0. The third-order valence-corrected chi connectivity index (χ3v) is 1.48. The van der Waals surface area contributed by atoms with Gasteiger partial charge in [0.2, 0.25) is 0 Å². The molecule has 0 saturated carbocycles. The van der Waals surface area contributed by atoms with Crippen LogP contribution < -0.4 is 5.73 Å². The molecule has 0 rings (SSSR count). The molecule has 0 aliphatic rings. The number of aliphatic hydroxyl groups excluding tert-OH is 4. The quantitative estimate of drug-likeness (QED) is 0.184. The molecule has 0 saturated heterocycles. The van der Waals surface area contributed by atoms with Gasteiger partial charge in [-0.1, -0.05) is 0 Å². The molecule has 0 aliphatic heterocycles. The first-order valence-electron chi connectivity index (χ1n) is 4.07. The number of nitrogens with two attached hydrogens (primary N) is 1.